The minimum absolute atomic E-state index is 0.206. The van der Waals surface area contributed by atoms with Crippen molar-refractivity contribution in [1.29, 1.82) is 0 Å². The normalized spacial score (nSPS) is 31.4. The van der Waals surface area contributed by atoms with Crippen LogP contribution in [0.15, 0.2) is 0 Å². The highest BCUT2D eigenvalue weighted by Crippen LogP contribution is 2.29. The molecule has 94 valence electrons. The van der Waals surface area contributed by atoms with Crippen LogP contribution in [0.25, 0.3) is 0 Å². The Labute approximate surface area is 97.6 Å². The molecule has 2 atom stereocenters. The fraction of sp³-hybridized carbons (Fsp3) is 0.917. The van der Waals surface area contributed by atoms with E-state index in [1.165, 1.54) is 0 Å². The van der Waals surface area contributed by atoms with Crippen LogP contribution in [0.5, 0.6) is 0 Å². The van der Waals surface area contributed by atoms with E-state index in [4.69, 9.17) is 4.74 Å². The maximum atomic E-state index is 11.2. The van der Waals surface area contributed by atoms with Crippen molar-refractivity contribution >= 4 is 5.97 Å². The Kier molecular flexibility index (Phi) is 4.74. The predicted molar refractivity (Wildman–Crippen MR) is 62.1 cm³/mol. The van der Waals surface area contributed by atoms with Gasteiger partial charge >= 0.3 is 5.97 Å². The minimum atomic E-state index is -0.682. The van der Waals surface area contributed by atoms with Gasteiger partial charge in [0.05, 0.1) is 12.2 Å². The zero-order valence-corrected chi connectivity index (χ0v) is 10.5. The van der Waals surface area contributed by atoms with Crippen LogP contribution < -0.4 is 0 Å². The highest BCUT2D eigenvalue weighted by Gasteiger charge is 2.35. The predicted octanol–water partition coefficient (Wildman–Crippen LogP) is 1.17. The van der Waals surface area contributed by atoms with E-state index in [1.54, 1.807) is 6.92 Å². The van der Waals surface area contributed by atoms with Gasteiger partial charge in [-0.15, -0.1) is 0 Å². The van der Waals surface area contributed by atoms with Gasteiger partial charge in [0, 0.05) is 19.0 Å². The summed E-state index contributed by atoms with van der Waals surface area (Å²) in [4.78, 5) is 13.5. The quantitative estimate of drug-likeness (QED) is 0.735. The minimum Gasteiger partial charge on any atom is -0.466 e. The van der Waals surface area contributed by atoms with Crippen LogP contribution in [0.1, 0.15) is 39.5 Å². The second-order valence-electron chi connectivity index (χ2n) is 4.81. The Balaban J connectivity index is 2.38. The number of esters is 1. The van der Waals surface area contributed by atoms with E-state index >= 15 is 0 Å². The van der Waals surface area contributed by atoms with Gasteiger partial charge in [-0.3, -0.25) is 4.79 Å². The second-order valence-corrected chi connectivity index (χ2v) is 4.81. The number of carbonyl (C=O) groups excluding carboxylic acids is 1. The fourth-order valence-electron chi connectivity index (χ4n) is 2.21. The smallest absolute Gasteiger partial charge is 0.305 e. The van der Waals surface area contributed by atoms with Crippen molar-refractivity contribution in [3.8, 4) is 0 Å². The first kappa shape index (κ1) is 13.5. The SMILES string of the molecule is CCOC(=O)CCC1(O)CCN(C)C(C)C1. The lowest BCUT2D eigenvalue weighted by Crippen LogP contribution is -2.47. The first-order chi connectivity index (χ1) is 7.47. The molecule has 1 saturated heterocycles. The molecule has 0 spiro atoms. The lowest BCUT2D eigenvalue weighted by atomic mass is 9.83. The molecule has 1 aliphatic heterocycles. The third kappa shape index (κ3) is 3.76. The number of hydrogen-bond acceptors (Lipinski definition) is 4. The van der Waals surface area contributed by atoms with E-state index in [2.05, 4.69) is 18.9 Å². The number of aliphatic hydroxyl groups is 1. The third-order valence-electron chi connectivity index (χ3n) is 3.46. The van der Waals surface area contributed by atoms with Gasteiger partial charge in [-0.25, -0.2) is 0 Å². The van der Waals surface area contributed by atoms with Gasteiger partial charge in [0.2, 0.25) is 0 Å². The number of rotatable bonds is 4. The van der Waals surface area contributed by atoms with E-state index in [9.17, 15) is 9.90 Å². The molecule has 1 N–H and O–H groups in total. The Morgan fingerprint density at radius 2 is 2.31 bits per heavy atom. The summed E-state index contributed by atoms with van der Waals surface area (Å²) in [6.45, 7) is 5.20. The van der Waals surface area contributed by atoms with Crippen molar-refractivity contribution in [1.82, 2.24) is 4.90 Å². The van der Waals surface area contributed by atoms with Gasteiger partial charge < -0.3 is 14.7 Å². The molecule has 1 fully saturated rings. The summed E-state index contributed by atoms with van der Waals surface area (Å²) in [7, 11) is 2.07. The van der Waals surface area contributed by atoms with E-state index in [1.807, 2.05) is 0 Å². The van der Waals surface area contributed by atoms with Crippen molar-refractivity contribution in [2.24, 2.45) is 0 Å². The monoisotopic (exact) mass is 229 g/mol. The largest absolute Gasteiger partial charge is 0.466 e. The molecule has 4 heteroatoms. The molecule has 0 radical (unpaired) electrons. The maximum Gasteiger partial charge on any atom is 0.305 e. The van der Waals surface area contributed by atoms with E-state index < -0.39 is 5.60 Å². The lowest BCUT2D eigenvalue weighted by molar-refractivity contribution is -0.145. The molecule has 0 bridgehead atoms. The molecule has 0 aromatic carbocycles. The molecule has 1 heterocycles. The Morgan fingerprint density at radius 3 is 2.88 bits per heavy atom. The third-order valence-corrected chi connectivity index (χ3v) is 3.46. The molecule has 0 saturated carbocycles. The van der Waals surface area contributed by atoms with Gasteiger partial charge in [-0.1, -0.05) is 0 Å². The van der Waals surface area contributed by atoms with Crippen LogP contribution >= 0.6 is 0 Å². The Morgan fingerprint density at radius 1 is 1.62 bits per heavy atom. The highest BCUT2D eigenvalue weighted by molar-refractivity contribution is 5.69. The van der Waals surface area contributed by atoms with E-state index in [0.29, 0.717) is 25.5 Å². The van der Waals surface area contributed by atoms with Crippen molar-refractivity contribution in [2.45, 2.75) is 51.2 Å². The average molecular weight is 229 g/mol. The molecule has 0 aromatic rings. The van der Waals surface area contributed by atoms with Gasteiger partial charge in [0.1, 0.15) is 0 Å². The van der Waals surface area contributed by atoms with Crippen LogP contribution in [-0.4, -0.2) is 47.8 Å². The highest BCUT2D eigenvalue weighted by atomic mass is 16.5. The number of nitrogens with zero attached hydrogens (tertiary/aromatic N) is 1. The summed E-state index contributed by atoms with van der Waals surface area (Å²) in [6, 6.07) is 0.376. The Bertz CT molecular complexity index is 244. The molecule has 16 heavy (non-hydrogen) atoms. The maximum absolute atomic E-state index is 11.2. The van der Waals surface area contributed by atoms with Gasteiger partial charge in [-0.2, -0.15) is 0 Å². The number of piperidine rings is 1. The summed E-state index contributed by atoms with van der Waals surface area (Å²) in [5.74, 6) is -0.206. The van der Waals surface area contributed by atoms with Gasteiger partial charge in [0.15, 0.2) is 0 Å². The van der Waals surface area contributed by atoms with E-state index in [-0.39, 0.29) is 5.97 Å². The molecule has 0 aliphatic carbocycles. The van der Waals surface area contributed by atoms with Crippen molar-refractivity contribution in [2.75, 3.05) is 20.2 Å². The molecule has 0 aromatic heterocycles. The number of ether oxygens (including phenoxy) is 1. The number of likely N-dealkylation sites (tertiary alicyclic amines) is 1. The van der Waals surface area contributed by atoms with Gasteiger partial charge in [-0.05, 0) is 40.2 Å². The standard InChI is InChI=1S/C12H23NO3/c1-4-16-11(14)5-6-12(15)7-8-13(3)10(2)9-12/h10,15H,4-9H2,1-3H3. The topological polar surface area (TPSA) is 49.8 Å². The van der Waals surface area contributed by atoms with Crippen LogP contribution in [0, 0.1) is 0 Å². The zero-order valence-electron chi connectivity index (χ0n) is 10.5. The molecule has 0 amide bonds. The lowest BCUT2D eigenvalue weighted by Gasteiger charge is -2.41. The molecular formula is C12H23NO3. The van der Waals surface area contributed by atoms with Crippen LogP contribution in [0.4, 0.5) is 0 Å². The second kappa shape index (κ2) is 5.64. The molecule has 1 aliphatic rings. The summed E-state index contributed by atoms with van der Waals surface area (Å²) >= 11 is 0. The van der Waals surface area contributed by atoms with E-state index in [0.717, 1.165) is 19.4 Å². The summed E-state index contributed by atoms with van der Waals surface area (Å²) < 4.78 is 4.87. The molecular weight excluding hydrogens is 206 g/mol. The van der Waals surface area contributed by atoms with Gasteiger partial charge in [0.25, 0.3) is 0 Å². The number of carbonyl (C=O) groups is 1. The summed E-state index contributed by atoms with van der Waals surface area (Å²) in [5, 5.41) is 10.3. The van der Waals surface area contributed by atoms with Crippen molar-refractivity contribution in [3.05, 3.63) is 0 Å². The first-order valence-corrected chi connectivity index (χ1v) is 6.05. The van der Waals surface area contributed by atoms with Crippen molar-refractivity contribution < 1.29 is 14.6 Å². The van der Waals surface area contributed by atoms with Crippen molar-refractivity contribution in [3.63, 3.8) is 0 Å². The molecule has 4 nitrogen and oxygen atoms in total. The summed E-state index contributed by atoms with van der Waals surface area (Å²) in [6.07, 6.45) is 2.32. The average Bonchev–Trinajstić information content (AvgIpc) is 2.22. The summed E-state index contributed by atoms with van der Waals surface area (Å²) in [5.41, 5.74) is -0.682. The first-order valence-electron chi connectivity index (χ1n) is 6.05. The Hall–Kier alpha value is -0.610. The number of hydrogen-bond donors (Lipinski definition) is 1. The molecule has 2 unspecified atom stereocenters. The van der Waals surface area contributed by atoms with Crippen LogP contribution in [0.3, 0.4) is 0 Å². The zero-order chi connectivity index (χ0) is 12.2. The van der Waals surface area contributed by atoms with Crippen LogP contribution in [-0.2, 0) is 9.53 Å². The molecule has 1 rings (SSSR count). The fourth-order valence-corrected chi connectivity index (χ4v) is 2.21. The van der Waals surface area contributed by atoms with Crippen LogP contribution in [0.2, 0.25) is 0 Å².